The molecule has 2 rings (SSSR count). The first-order valence-corrected chi connectivity index (χ1v) is 6.06. The number of ether oxygens (including phenoxy) is 4. The minimum atomic E-state index is -0.692. The smallest absolute Gasteiger partial charge is 0.164 e. The summed E-state index contributed by atoms with van der Waals surface area (Å²) >= 11 is 0. The lowest BCUT2D eigenvalue weighted by atomic mass is 10.0. The Hall–Kier alpha value is -0.200. The Morgan fingerprint density at radius 3 is 2.18 bits per heavy atom. The van der Waals surface area contributed by atoms with E-state index in [0.717, 1.165) is 0 Å². The summed E-state index contributed by atoms with van der Waals surface area (Å²) in [5.41, 5.74) is 0. The van der Waals surface area contributed by atoms with Crippen molar-refractivity contribution in [1.29, 1.82) is 0 Å². The second-order valence-corrected chi connectivity index (χ2v) is 5.67. The molecule has 0 aromatic carbocycles. The topological polar surface area (TPSA) is 57.2 Å². The van der Waals surface area contributed by atoms with Crippen molar-refractivity contribution in [2.24, 2.45) is 0 Å². The summed E-state index contributed by atoms with van der Waals surface area (Å²) in [5, 5.41) is 9.74. The quantitative estimate of drug-likeness (QED) is 0.789. The second kappa shape index (κ2) is 4.17. The molecule has 0 radical (unpaired) electrons. The molecule has 2 aliphatic heterocycles. The van der Waals surface area contributed by atoms with E-state index in [1.54, 1.807) is 6.92 Å². The molecule has 17 heavy (non-hydrogen) atoms. The molecule has 2 heterocycles. The Morgan fingerprint density at radius 2 is 1.71 bits per heavy atom. The molecule has 0 aliphatic carbocycles. The van der Waals surface area contributed by atoms with Crippen LogP contribution in [0.2, 0.25) is 0 Å². The normalized spacial score (nSPS) is 41.6. The molecular formula is C12H22O5. The van der Waals surface area contributed by atoms with Crippen LogP contribution in [0.4, 0.5) is 0 Å². The first kappa shape index (κ1) is 13.2. The van der Waals surface area contributed by atoms with Crippen LogP contribution in [-0.4, -0.2) is 47.7 Å². The molecule has 0 saturated carbocycles. The van der Waals surface area contributed by atoms with Gasteiger partial charge in [0.05, 0.1) is 12.7 Å². The van der Waals surface area contributed by atoms with Crippen molar-refractivity contribution in [3.05, 3.63) is 0 Å². The van der Waals surface area contributed by atoms with Crippen molar-refractivity contribution in [1.82, 2.24) is 0 Å². The van der Waals surface area contributed by atoms with E-state index in [9.17, 15) is 5.11 Å². The minimum Gasteiger partial charge on any atom is -0.391 e. The van der Waals surface area contributed by atoms with E-state index >= 15 is 0 Å². The highest BCUT2D eigenvalue weighted by atomic mass is 16.8. The Morgan fingerprint density at radius 1 is 1.06 bits per heavy atom. The van der Waals surface area contributed by atoms with Gasteiger partial charge < -0.3 is 24.1 Å². The summed E-state index contributed by atoms with van der Waals surface area (Å²) in [6.45, 7) is 9.56. The number of rotatable bonds is 2. The maximum Gasteiger partial charge on any atom is 0.164 e. The molecule has 0 aromatic rings. The molecule has 0 unspecified atom stereocenters. The van der Waals surface area contributed by atoms with Gasteiger partial charge in [-0.2, -0.15) is 0 Å². The number of aliphatic hydroxyl groups excluding tert-OH is 1. The van der Waals surface area contributed by atoms with Crippen LogP contribution in [0, 0.1) is 0 Å². The highest BCUT2D eigenvalue weighted by Crippen LogP contribution is 2.36. The van der Waals surface area contributed by atoms with Crippen molar-refractivity contribution in [2.45, 2.75) is 70.6 Å². The van der Waals surface area contributed by atoms with Gasteiger partial charge in [0.15, 0.2) is 11.6 Å². The molecule has 1 N–H and O–H groups in total. The van der Waals surface area contributed by atoms with Crippen molar-refractivity contribution in [3.63, 3.8) is 0 Å². The third-order valence-corrected chi connectivity index (χ3v) is 3.04. The van der Waals surface area contributed by atoms with Crippen LogP contribution in [0.1, 0.15) is 34.6 Å². The number of aliphatic hydroxyl groups is 1. The van der Waals surface area contributed by atoms with Crippen LogP contribution in [0.5, 0.6) is 0 Å². The summed E-state index contributed by atoms with van der Waals surface area (Å²) < 4.78 is 22.8. The number of hydrogen-bond donors (Lipinski definition) is 1. The monoisotopic (exact) mass is 246 g/mol. The van der Waals surface area contributed by atoms with Gasteiger partial charge in [0.25, 0.3) is 0 Å². The van der Waals surface area contributed by atoms with Gasteiger partial charge in [-0.25, -0.2) is 0 Å². The molecule has 2 aliphatic rings. The average Bonchev–Trinajstić information content (AvgIpc) is 2.66. The van der Waals surface area contributed by atoms with E-state index in [0.29, 0.717) is 6.61 Å². The highest BCUT2D eigenvalue weighted by molar-refractivity contribution is 4.92. The lowest BCUT2D eigenvalue weighted by Gasteiger charge is -2.24. The molecule has 5 heteroatoms. The van der Waals surface area contributed by atoms with Gasteiger partial charge >= 0.3 is 0 Å². The molecule has 100 valence electrons. The summed E-state index contributed by atoms with van der Waals surface area (Å²) in [7, 11) is 0. The zero-order chi connectivity index (χ0) is 12.8. The summed E-state index contributed by atoms with van der Waals surface area (Å²) in [6, 6.07) is 0. The molecular weight excluding hydrogens is 224 g/mol. The molecule has 2 fully saturated rings. The molecule has 0 aromatic heterocycles. The Bertz CT molecular complexity index is 287. The molecule has 0 amide bonds. The molecule has 4 atom stereocenters. The van der Waals surface area contributed by atoms with Gasteiger partial charge in [-0.3, -0.25) is 0 Å². The maximum atomic E-state index is 9.74. The van der Waals surface area contributed by atoms with Gasteiger partial charge in [0.2, 0.25) is 0 Å². The average molecular weight is 246 g/mol. The van der Waals surface area contributed by atoms with Crippen LogP contribution in [-0.2, 0) is 18.9 Å². The third-order valence-electron chi connectivity index (χ3n) is 3.04. The summed E-state index contributed by atoms with van der Waals surface area (Å²) in [4.78, 5) is 0. The van der Waals surface area contributed by atoms with Gasteiger partial charge in [-0.1, -0.05) is 0 Å². The molecule has 2 saturated heterocycles. The lowest BCUT2D eigenvalue weighted by Crippen LogP contribution is -2.42. The van der Waals surface area contributed by atoms with Crippen LogP contribution >= 0.6 is 0 Å². The summed E-state index contributed by atoms with van der Waals surface area (Å²) in [5.74, 6) is -1.29. The highest BCUT2D eigenvalue weighted by Gasteiger charge is 2.51. The Kier molecular flexibility index (Phi) is 3.25. The maximum absolute atomic E-state index is 9.74. The predicted molar refractivity (Wildman–Crippen MR) is 60.4 cm³/mol. The zero-order valence-corrected chi connectivity index (χ0v) is 11.1. The minimum absolute atomic E-state index is 0.202. The van der Waals surface area contributed by atoms with Gasteiger partial charge in [-0.15, -0.1) is 0 Å². The van der Waals surface area contributed by atoms with Crippen LogP contribution < -0.4 is 0 Å². The summed E-state index contributed by atoms with van der Waals surface area (Å²) in [6.07, 6.45) is -1.49. The fraction of sp³-hybridized carbons (Fsp3) is 1.00. The fourth-order valence-electron chi connectivity index (χ4n) is 2.36. The first-order valence-electron chi connectivity index (χ1n) is 6.06. The van der Waals surface area contributed by atoms with Crippen molar-refractivity contribution in [3.8, 4) is 0 Å². The SMILES string of the molecule is C[C@@H](O)[C@H]1OC(C)(C)O[C@H]1[C@@H]1COC(C)(C)O1. The van der Waals surface area contributed by atoms with Crippen LogP contribution in [0.3, 0.4) is 0 Å². The Labute approximate surface area is 102 Å². The lowest BCUT2D eigenvalue weighted by molar-refractivity contribution is -0.175. The fourth-order valence-corrected chi connectivity index (χ4v) is 2.36. The van der Waals surface area contributed by atoms with Gasteiger partial charge in [-0.05, 0) is 34.6 Å². The first-order chi connectivity index (χ1) is 7.70. The molecule has 5 nitrogen and oxygen atoms in total. The predicted octanol–water partition coefficient (Wildman–Crippen LogP) is 1.04. The Balaban J connectivity index is 2.09. The van der Waals surface area contributed by atoms with E-state index in [2.05, 4.69) is 0 Å². The van der Waals surface area contributed by atoms with Crippen molar-refractivity contribution < 1.29 is 24.1 Å². The zero-order valence-electron chi connectivity index (χ0n) is 11.1. The van der Waals surface area contributed by atoms with Gasteiger partial charge in [0, 0.05) is 0 Å². The van der Waals surface area contributed by atoms with E-state index in [4.69, 9.17) is 18.9 Å². The van der Waals surface area contributed by atoms with Gasteiger partial charge in [0.1, 0.15) is 18.3 Å². The molecule has 0 spiro atoms. The standard InChI is InChI=1S/C12H22O5/c1-7(13)9-10(17-12(4,5)16-9)8-6-14-11(2,3)15-8/h7-10,13H,6H2,1-5H3/t7-,8+,9-,10+/m1/s1. The van der Waals surface area contributed by atoms with Crippen LogP contribution in [0.25, 0.3) is 0 Å². The molecule has 0 bridgehead atoms. The number of hydrogen-bond acceptors (Lipinski definition) is 5. The largest absolute Gasteiger partial charge is 0.391 e. The van der Waals surface area contributed by atoms with E-state index in [-0.39, 0.29) is 18.3 Å². The van der Waals surface area contributed by atoms with E-state index in [1.165, 1.54) is 0 Å². The third kappa shape index (κ3) is 2.80. The van der Waals surface area contributed by atoms with Crippen molar-refractivity contribution in [2.75, 3.05) is 6.61 Å². The van der Waals surface area contributed by atoms with Crippen LogP contribution in [0.15, 0.2) is 0 Å². The van der Waals surface area contributed by atoms with Crippen molar-refractivity contribution >= 4 is 0 Å². The van der Waals surface area contributed by atoms with E-state index < -0.39 is 17.7 Å². The second-order valence-electron chi connectivity index (χ2n) is 5.67. The van der Waals surface area contributed by atoms with E-state index in [1.807, 2.05) is 27.7 Å².